The summed E-state index contributed by atoms with van der Waals surface area (Å²) in [7, 11) is 1.77. The van der Waals surface area contributed by atoms with Gasteiger partial charge in [0.25, 0.3) is 0 Å². The molecule has 4 nitrogen and oxygen atoms in total. The third kappa shape index (κ3) is 6.70. The number of nitrogens with one attached hydrogen (secondary N) is 1. The van der Waals surface area contributed by atoms with Crippen LogP contribution in [0.4, 0.5) is 0 Å². The van der Waals surface area contributed by atoms with Crippen molar-refractivity contribution in [3.05, 3.63) is 0 Å². The van der Waals surface area contributed by atoms with Crippen LogP contribution in [0, 0.1) is 0 Å². The Morgan fingerprint density at radius 1 is 1.11 bits per heavy atom. The maximum atomic E-state index is 6.01. The monoisotopic (exact) mass is 272 g/mol. The van der Waals surface area contributed by atoms with E-state index in [9.17, 15) is 0 Å². The molecule has 1 N–H and O–H groups in total. The SMILES string of the molecule is CCC(CC)N(CCOC)CCOC1CCNCC1. The standard InChI is InChI=1S/C15H32N2O2/c1-4-14(5-2)17(10-12-18-3)11-13-19-15-6-8-16-9-7-15/h14-16H,4-13H2,1-3H3. The summed E-state index contributed by atoms with van der Waals surface area (Å²) in [6.45, 7) is 10.4. The minimum Gasteiger partial charge on any atom is -0.383 e. The zero-order valence-corrected chi connectivity index (χ0v) is 13.0. The normalized spacial score (nSPS) is 17.5. The summed E-state index contributed by atoms with van der Waals surface area (Å²) < 4.78 is 11.2. The highest BCUT2D eigenvalue weighted by Gasteiger charge is 2.17. The van der Waals surface area contributed by atoms with Crippen LogP contribution in [0.15, 0.2) is 0 Å². The first-order chi connectivity index (χ1) is 9.31. The van der Waals surface area contributed by atoms with Crippen molar-refractivity contribution >= 4 is 0 Å². The fourth-order valence-electron chi connectivity index (χ4n) is 2.79. The molecule has 1 rings (SSSR count). The molecule has 0 radical (unpaired) electrons. The van der Waals surface area contributed by atoms with E-state index in [1.165, 1.54) is 12.8 Å². The Labute approximate surface area is 118 Å². The van der Waals surface area contributed by atoms with E-state index in [-0.39, 0.29) is 0 Å². The molecule has 0 unspecified atom stereocenters. The molecule has 1 fully saturated rings. The van der Waals surface area contributed by atoms with Gasteiger partial charge in [-0.1, -0.05) is 13.8 Å². The van der Waals surface area contributed by atoms with Crippen molar-refractivity contribution in [2.75, 3.05) is 46.5 Å². The Morgan fingerprint density at radius 3 is 2.32 bits per heavy atom. The molecule has 1 heterocycles. The van der Waals surface area contributed by atoms with E-state index in [1.54, 1.807) is 7.11 Å². The van der Waals surface area contributed by atoms with Crippen molar-refractivity contribution in [1.82, 2.24) is 10.2 Å². The second-order valence-electron chi connectivity index (χ2n) is 5.32. The second-order valence-corrected chi connectivity index (χ2v) is 5.32. The van der Waals surface area contributed by atoms with Crippen molar-refractivity contribution in [3.63, 3.8) is 0 Å². The maximum Gasteiger partial charge on any atom is 0.0600 e. The van der Waals surface area contributed by atoms with E-state index in [0.717, 1.165) is 52.2 Å². The summed E-state index contributed by atoms with van der Waals surface area (Å²) in [6.07, 6.45) is 5.18. The first-order valence-corrected chi connectivity index (χ1v) is 7.87. The molecule has 0 spiro atoms. The van der Waals surface area contributed by atoms with Crippen molar-refractivity contribution < 1.29 is 9.47 Å². The maximum absolute atomic E-state index is 6.01. The van der Waals surface area contributed by atoms with Crippen LogP contribution in [0.25, 0.3) is 0 Å². The highest BCUT2D eigenvalue weighted by Crippen LogP contribution is 2.10. The lowest BCUT2D eigenvalue weighted by Crippen LogP contribution is -2.40. The van der Waals surface area contributed by atoms with E-state index >= 15 is 0 Å². The molecule has 1 saturated heterocycles. The summed E-state index contributed by atoms with van der Waals surface area (Å²) in [5, 5.41) is 3.37. The number of rotatable bonds is 10. The predicted octanol–water partition coefficient (Wildman–Crippen LogP) is 1.89. The van der Waals surface area contributed by atoms with E-state index in [4.69, 9.17) is 9.47 Å². The number of piperidine rings is 1. The molecule has 0 aromatic heterocycles. The van der Waals surface area contributed by atoms with Gasteiger partial charge < -0.3 is 14.8 Å². The number of hydrogen-bond acceptors (Lipinski definition) is 4. The van der Waals surface area contributed by atoms with E-state index in [2.05, 4.69) is 24.1 Å². The van der Waals surface area contributed by atoms with Gasteiger partial charge >= 0.3 is 0 Å². The zero-order valence-electron chi connectivity index (χ0n) is 13.0. The Balaban J connectivity index is 2.25. The van der Waals surface area contributed by atoms with Crippen LogP contribution in [-0.2, 0) is 9.47 Å². The van der Waals surface area contributed by atoms with Gasteiger partial charge in [-0.05, 0) is 38.8 Å². The molecule has 0 bridgehead atoms. The quantitative estimate of drug-likeness (QED) is 0.658. The molecule has 114 valence electrons. The third-order valence-corrected chi connectivity index (χ3v) is 4.06. The first-order valence-electron chi connectivity index (χ1n) is 7.87. The number of ether oxygens (including phenoxy) is 2. The van der Waals surface area contributed by atoms with Gasteiger partial charge in [0.2, 0.25) is 0 Å². The summed E-state index contributed by atoms with van der Waals surface area (Å²) in [6, 6.07) is 0.659. The Morgan fingerprint density at radius 2 is 1.74 bits per heavy atom. The van der Waals surface area contributed by atoms with Gasteiger partial charge in [0.05, 0.1) is 19.3 Å². The molecule has 19 heavy (non-hydrogen) atoms. The molecule has 1 aliphatic heterocycles. The molecular formula is C15H32N2O2. The van der Waals surface area contributed by atoms with Gasteiger partial charge in [-0.3, -0.25) is 4.90 Å². The van der Waals surface area contributed by atoms with Crippen LogP contribution >= 0.6 is 0 Å². The van der Waals surface area contributed by atoms with Crippen LogP contribution in [-0.4, -0.2) is 63.5 Å². The lowest BCUT2D eigenvalue weighted by atomic mass is 10.1. The van der Waals surface area contributed by atoms with Crippen LogP contribution < -0.4 is 5.32 Å². The van der Waals surface area contributed by atoms with Crippen LogP contribution in [0.1, 0.15) is 39.5 Å². The van der Waals surface area contributed by atoms with Gasteiger partial charge in [-0.15, -0.1) is 0 Å². The van der Waals surface area contributed by atoms with Gasteiger partial charge in [-0.25, -0.2) is 0 Å². The highest BCUT2D eigenvalue weighted by atomic mass is 16.5. The smallest absolute Gasteiger partial charge is 0.0600 e. The van der Waals surface area contributed by atoms with Crippen LogP contribution in [0.2, 0.25) is 0 Å². The van der Waals surface area contributed by atoms with Gasteiger partial charge in [-0.2, -0.15) is 0 Å². The third-order valence-electron chi connectivity index (χ3n) is 4.06. The summed E-state index contributed by atoms with van der Waals surface area (Å²) in [4.78, 5) is 2.52. The zero-order chi connectivity index (χ0) is 13.9. The van der Waals surface area contributed by atoms with Crippen molar-refractivity contribution in [1.29, 1.82) is 0 Å². The van der Waals surface area contributed by atoms with E-state index in [0.29, 0.717) is 12.1 Å². The van der Waals surface area contributed by atoms with Gasteiger partial charge in [0.1, 0.15) is 0 Å². The molecule has 0 aliphatic carbocycles. The topological polar surface area (TPSA) is 33.7 Å². The average molecular weight is 272 g/mol. The number of methoxy groups -OCH3 is 1. The van der Waals surface area contributed by atoms with Gasteiger partial charge in [0, 0.05) is 26.2 Å². The molecule has 4 heteroatoms. The fraction of sp³-hybridized carbons (Fsp3) is 1.00. The van der Waals surface area contributed by atoms with Crippen LogP contribution in [0.3, 0.4) is 0 Å². The minimum atomic E-state index is 0.465. The van der Waals surface area contributed by atoms with E-state index in [1.807, 2.05) is 0 Å². The molecule has 0 amide bonds. The molecular weight excluding hydrogens is 240 g/mol. The molecule has 1 aliphatic rings. The van der Waals surface area contributed by atoms with Crippen molar-refractivity contribution in [3.8, 4) is 0 Å². The fourth-order valence-corrected chi connectivity index (χ4v) is 2.79. The highest BCUT2D eigenvalue weighted by molar-refractivity contribution is 4.71. The number of nitrogens with zero attached hydrogens (tertiary/aromatic N) is 1. The summed E-state index contributed by atoms with van der Waals surface area (Å²) >= 11 is 0. The molecule has 0 saturated carbocycles. The second kappa shape index (κ2) is 10.6. The van der Waals surface area contributed by atoms with Gasteiger partial charge in [0.15, 0.2) is 0 Å². The number of hydrogen-bond donors (Lipinski definition) is 1. The Hall–Kier alpha value is -0.160. The van der Waals surface area contributed by atoms with Crippen molar-refractivity contribution in [2.24, 2.45) is 0 Å². The first kappa shape index (κ1) is 16.9. The lowest BCUT2D eigenvalue weighted by molar-refractivity contribution is 0.00871. The van der Waals surface area contributed by atoms with Crippen molar-refractivity contribution in [2.45, 2.75) is 51.7 Å². The Kier molecular flexibility index (Phi) is 9.43. The minimum absolute atomic E-state index is 0.465. The lowest BCUT2D eigenvalue weighted by Gasteiger charge is -2.31. The largest absolute Gasteiger partial charge is 0.383 e. The average Bonchev–Trinajstić information content (AvgIpc) is 2.46. The molecule has 0 aromatic rings. The van der Waals surface area contributed by atoms with E-state index < -0.39 is 0 Å². The Bertz CT molecular complexity index is 204. The summed E-state index contributed by atoms with van der Waals surface area (Å²) in [5.41, 5.74) is 0. The molecule has 0 atom stereocenters. The molecule has 0 aromatic carbocycles. The predicted molar refractivity (Wildman–Crippen MR) is 79.7 cm³/mol. The summed E-state index contributed by atoms with van der Waals surface area (Å²) in [5.74, 6) is 0. The van der Waals surface area contributed by atoms with Crippen LogP contribution in [0.5, 0.6) is 0 Å².